The Morgan fingerprint density at radius 1 is 1.57 bits per heavy atom. The highest BCUT2D eigenvalue weighted by Crippen LogP contribution is 2.07. The normalized spacial score (nSPS) is 23.0. The van der Waals surface area contributed by atoms with E-state index in [1.54, 1.807) is 6.20 Å². The van der Waals surface area contributed by atoms with Crippen molar-refractivity contribution in [2.45, 2.75) is 6.42 Å². The summed E-state index contributed by atoms with van der Waals surface area (Å²) in [4.78, 5) is 0. The van der Waals surface area contributed by atoms with Gasteiger partial charge in [-0.3, -0.25) is 0 Å². The highest BCUT2D eigenvalue weighted by molar-refractivity contribution is 5.00. The zero-order valence-electron chi connectivity index (χ0n) is 8.15. The van der Waals surface area contributed by atoms with E-state index >= 15 is 0 Å². The molecule has 1 aromatic rings. The lowest BCUT2D eigenvalue weighted by Crippen LogP contribution is -2.24. The summed E-state index contributed by atoms with van der Waals surface area (Å²) in [6.07, 6.45) is 2.65. The molecule has 1 N–H and O–H groups in total. The van der Waals surface area contributed by atoms with Crippen LogP contribution in [0.1, 0.15) is 5.69 Å². The van der Waals surface area contributed by atoms with Crippen LogP contribution in [0.3, 0.4) is 0 Å². The van der Waals surface area contributed by atoms with Crippen molar-refractivity contribution in [3.05, 3.63) is 24.0 Å². The summed E-state index contributed by atoms with van der Waals surface area (Å²) in [6, 6.07) is 3.94. The van der Waals surface area contributed by atoms with Crippen molar-refractivity contribution in [3.8, 4) is 0 Å². The summed E-state index contributed by atoms with van der Waals surface area (Å²) in [5.74, 6) is 0.522. The van der Waals surface area contributed by atoms with Crippen LogP contribution in [0, 0.1) is 5.92 Å². The van der Waals surface area contributed by atoms with Gasteiger partial charge in [-0.1, -0.05) is 0 Å². The van der Waals surface area contributed by atoms with Crippen molar-refractivity contribution in [2.75, 3.05) is 26.3 Å². The van der Waals surface area contributed by atoms with Crippen molar-refractivity contribution in [1.82, 2.24) is 15.5 Å². The molecule has 1 aromatic heterocycles. The van der Waals surface area contributed by atoms with Gasteiger partial charge in [-0.15, -0.1) is 0 Å². The Balaban J connectivity index is 1.90. The van der Waals surface area contributed by atoms with E-state index in [1.807, 2.05) is 12.1 Å². The molecule has 0 saturated carbocycles. The zero-order chi connectivity index (χ0) is 9.64. The Morgan fingerprint density at radius 3 is 3.43 bits per heavy atom. The highest BCUT2D eigenvalue weighted by atomic mass is 16.5. The second-order valence-electron chi connectivity index (χ2n) is 3.56. The minimum absolute atomic E-state index is 0.522. The number of ether oxygens (including phenoxy) is 1. The van der Waals surface area contributed by atoms with Gasteiger partial charge in [0, 0.05) is 25.2 Å². The molecule has 0 radical (unpaired) electrons. The van der Waals surface area contributed by atoms with Gasteiger partial charge in [-0.25, -0.2) is 0 Å². The lowest BCUT2D eigenvalue weighted by Gasteiger charge is -2.11. The fourth-order valence-corrected chi connectivity index (χ4v) is 1.63. The van der Waals surface area contributed by atoms with Crippen LogP contribution >= 0.6 is 0 Å². The van der Waals surface area contributed by atoms with E-state index in [4.69, 9.17) is 4.74 Å². The van der Waals surface area contributed by atoms with Crippen LogP contribution in [0.25, 0.3) is 0 Å². The molecule has 1 fully saturated rings. The minimum Gasteiger partial charge on any atom is -0.380 e. The molecular weight excluding hydrogens is 178 g/mol. The molecule has 0 aliphatic carbocycles. The molecule has 76 valence electrons. The van der Waals surface area contributed by atoms with Gasteiger partial charge in [-0.2, -0.15) is 10.2 Å². The topological polar surface area (TPSA) is 47.0 Å². The van der Waals surface area contributed by atoms with E-state index in [9.17, 15) is 0 Å². The Hall–Kier alpha value is -1.00. The second kappa shape index (κ2) is 5.02. The molecular formula is C10H15N3O. The third-order valence-electron chi connectivity index (χ3n) is 2.34. The van der Waals surface area contributed by atoms with Crippen molar-refractivity contribution < 1.29 is 4.74 Å². The molecule has 0 aromatic carbocycles. The van der Waals surface area contributed by atoms with E-state index in [2.05, 4.69) is 15.5 Å². The molecule has 0 spiro atoms. The van der Waals surface area contributed by atoms with Gasteiger partial charge >= 0.3 is 0 Å². The Bertz CT molecular complexity index is 257. The van der Waals surface area contributed by atoms with Crippen molar-refractivity contribution in [3.63, 3.8) is 0 Å². The zero-order valence-corrected chi connectivity index (χ0v) is 8.15. The standard InChI is InChI=1S/C10H15N3O/c1-2-10(13-12-3-1)6-9-7-11-4-5-14-8-9/h1-3,9,11H,4-8H2/t9-/m1/s1. The van der Waals surface area contributed by atoms with Crippen molar-refractivity contribution >= 4 is 0 Å². The number of nitrogens with one attached hydrogen (secondary N) is 1. The lowest BCUT2D eigenvalue weighted by atomic mass is 10.0. The second-order valence-corrected chi connectivity index (χ2v) is 3.56. The predicted molar refractivity (Wildman–Crippen MR) is 52.9 cm³/mol. The Morgan fingerprint density at radius 2 is 2.57 bits per heavy atom. The van der Waals surface area contributed by atoms with Crippen LogP contribution < -0.4 is 5.32 Å². The smallest absolute Gasteiger partial charge is 0.0635 e. The van der Waals surface area contributed by atoms with Gasteiger partial charge in [0.2, 0.25) is 0 Å². The van der Waals surface area contributed by atoms with Crippen LogP contribution in [0.4, 0.5) is 0 Å². The molecule has 2 heterocycles. The van der Waals surface area contributed by atoms with Gasteiger partial charge in [0.15, 0.2) is 0 Å². The van der Waals surface area contributed by atoms with E-state index < -0.39 is 0 Å². The van der Waals surface area contributed by atoms with Crippen molar-refractivity contribution in [1.29, 1.82) is 0 Å². The predicted octanol–water partition coefficient (Wildman–Crippen LogP) is 0.255. The van der Waals surface area contributed by atoms with Crippen LogP contribution in [-0.2, 0) is 11.2 Å². The summed E-state index contributed by atoms with van der Waals surface area (Å²) >= 11 is 0. The number of aromatic nitrogens is 2. The van der Waals surface area contributed by atoms with E-state index in [1.165, 1.54) is 0 Å². The van der Waals surface area contributed by atoms with Gasteiger partial charge in [-0.05, 0) is 18.6 Å². The lowest BCUT2D eigenvalue weighted by molar-refractivity contribution is 0.123. The molecule has 0 bridgehead atoms. The summed E-state index contributed by atoms with van der Waals surface area (Å²) in [5, 5.41) is 11.3. The minimum atomic E-state index is 0.522. The first kappa shape index (κ1) is 9.55. The van der Waals surface area contributed by atoms with Crippen LogP contribution in [0.15, 0.2) is 18.3 Å². The first-order valence-electron chi connectivity index (χ1n) is 5.00. The average molecular weight is 193 g/mol. The molecule has 14 heavy (non-hydrogen) atoms. The van der Waals surface area contributed by atoms with Crippen LogP contribution in [0.5, 0.6) is 0 Å². The van der Waals surface area contributed by atoms with Gasteiger partial charge in [0.25, 0.3) is 0 Å². The monoisotopic (exact) mass is 193 g/mol. The van der Waals surface area contributed by atoms with Gasteiger partial charge in [0.1, 0.15) is 0 Å². The molecule has 1 aliphatic rings. The number of nitrogens with zero attached hydrogens (tertiary/aromatic N) is 2. The Kier molecular flexibility index (Phi) is 3.43. The fourth-order valence-electron chi connectivity index (χ4n) is 1.63. The van der Waals surface area contributed by atoms with Crippen LogP contribution in [-0.4, -0.2) is 36.5 Å². The van der Waals surface area contributed by atoms with Gasteiger partial charge in [0.05, 0.1) is 18.9 Å². The summed E-state index contributed by atoms with van der Waals surface area (Å²) in [6.45, 7) is 3.61. The SMILES string of the molecule is c1cnnc(C[C@@H]2CNCCOC2)c1. The molecule has 1 saturated heterocycles. The molecule has 4 heteroatoms. The third kappa shape index (κ3) is 2.75. The van der Waals surface area contributed by atoms with E-state index in [0.717, 1.165) is 38.4 Å². The quantitative estimate of drug-likeness (QED) is 0.731. The first-order valence-corrected chi connectivity index (χ1v) is 5.00. The molecule has 1 aliphatic heterocycles. The largest absolute Gasteiger partial charge is 0.380 e. The molecule has 0 unspecified atom stereocenters. The molecule has 4 nitrogen and oxygen atoms in total. The molecule has 1 atom stereocenters. The third-order valence-corrected chi connectivity index (χ3v) is 2.34. The Labute approximate surface area is 83.7 Å². The summed E-state index contributed by atoms with van der Waals surface area (Å²) < 4.78 is 5.47. The maximum absolute atomic E-state index is 5.47. The average Bonchev–Trinajstić information content (AvgIpc) is 2.48. The highest BCUT2D eigenvalue weighted by Gasteiger charge is 2.13. The molecule has 2 rings (SSSR count). The molecule has 0 amide bonds. The van der Waals surface area contributed by atoms with Crippen molar-refractivity contribution in [2.24, 2.45) is 5.92 Å². The number of hydrogen-bond donors (Lipinski definition) is 1. The van der Waals surface area contributed by atoms with E-state index in [-0.39, 0.29) is 0 Å². The maximum atomic E-state index is 5.47. The van der Waals surface area contributed by atoms with E-state index in [0.29, 0.717) is 5.92 Å². The van der Waals surface area contributed by atoms with Crippen LogP contribution in [0.2, 0.25) is 0 Å². The summed E-state index contributed by atoms with van der Waals surface area (Å²) in [7, 11) is 0. The number of hydrogen-bond acceptors (Lipinski definition) is 4. The van der Waals surface area contributed by atoms with Gasteiger partial charge < -0.3 is 10.1 Å². The fraction of sp³-hybridized carbons (Fsp3) is 0.600. The summed E-state index contributed by atoms with van der Waals surface area (Å²) in [5.41, 5.74) is 1.05. The first-order chi connectivity index (χ1) is 6.95. The maximum Gasteiger partial charge on any atom is 0.0635 e. The number of rotatable bonds is 2.